The van der Waals surface area contributed by atoms with Crippen molar-refractivity contribution in [3.05, 3.63) is 11.3 Å². The van der Waals surface area contributed by atoms with Crippen LogP contribution < -0.4 is 5.73 Å². The fourth-order valence-corrected chi connectivity index (χ4v) is 0.485. The van der Waals surface area contributed by atoms with E-state index in [0.29, 0.717) is 5.82 Å². The summed E-state index contributed by atoms with van der Waals surface area (Å²) in [6, 6.07) is 0. The molecule has 0 saturated heterocycles. The minimum absolute atomic E-state index is 0.350. The first-order valence-corrected chi connectivity index (χ1v) is 2.45. The number of H-pyrrole nitrogens is 1. The first-order valence-electron chi connectivity index (χ1n) is 2.45. The lowest BCUT2D eigenvalue weighted by molar-refractivity contribution is 1.04. The van der Waals surface area contributed by atoms with Crippen molar-refractivity contribution >= 4 is 5.82 Å². The number of aromatic nitrogens is 2. The fourth-order valence-electron chi connectivity index (χ4n) is 0.485. The van der Waals surface area contributed by atoms with Gasteiger partial charge in [-0.05, 0) is 13.8 Å². The summed E-state index contributed by atoms with van der Waals surface area (Å²) in [6.45, 7) is 3.78. The summed E-state index contributed by atoms with van der Waals surface area (Å²) < 4.78 is 0. The molecule has 2 N–H and O–H groups in total. The molecule has 43 valence electrons. The fraction of sp³-hybridized carbons (Fsp3) is 0.400. The Hall–Kier alpha value is -0.990. The van der Waals surface area contributed by atoms with Gasteiger partial charge in [-0.2, -0.15) is 5.10 Å². The van der Waals surface area contributed by atoms with Crippen LogP contribution in [-0.4, -0.2) is 10.2 Å². The molecule has 0 fully saturated rings. The van der Waals surface area contributed by atoms with E-state index >= 15 is 0 Å². The second kappa shape index (κ2) is 1.51. The zero-order valence-electron chi connectivity index (χ0n) is 4.95. The molecule has 1 aromatic rings. The third-order valence-corrected chi connectivity index (χ3v) is 1.25. The number of aromatic amines is 1. The molecule has 1 aromatic heterocycles. The van der Waals surface area contributed by atoms with Gasteiger partial charge in [-0.25, -0.2) is 0 Å². The maximum atomic E-state index is 7.10. The van der Waals surface area contributed by atoms with E-state index in [4.69, 9.17) is 5.73 Å². The molecular weight excluding hydrogens is 102 g/mol. The third-order valence-electron chi connectivity index (χ3n) is 1.25. The second-order valence-electron chi connectivity index (χ2n) is 1.82. The van der Waals surface area contributed by atoms with Gasteiger partial charge in [0.25, 0.3) is 0 Å². The highest BCUT2D eigenvalue weighted by Crippen LogP contribution is 2.09. The van der Waals surface area contributed by atoms with Crippen LogP contribution in [-0.2, 0) is 0 Å². The Labute approximate surface area is 47.9 Å². The normalized spacial score (nSPS) is 9.75. The number of nitrogens with one attached hydrogen (secondary N) is 2. The molecule has 0 aliphatic carbocycles. The van der Waals surface area contributed by atoms with Gasteiger partial charge in [0.2, 0.25) is 0 Å². The molecule has 0 aromatic carbocycles. The molecule has 3 heteroatoms. The van der Waals surface area contributed by atoms with Gasteiger partial charge in [0, 0.05) is 11.3 Å². The molecule has 0 aliphatic heterocycles. The van der Waals surface area contributed by atoms with E-state index in [0.717, 1.165) is 11.3 Å². The van der Waals surface area contributed by atoms with Crippen LogP contribution in [0.3, 0.4) is 0 Å². The smallest absolute Gasteiger partial charge is 0.169 e. The third kappa shape index (κ3) is 0.559. The van der Waals surface area contributed by atoms with Crippen LogP contribution in [0.25, 0.3) is 0 Å². The average molecular weight is 110 g/mol. The standard InChI is InChI=1S/C5H8N3/c1-3-4(2)7-8-5(3)6/h6H,1-2H3,(H,7,8). The molecule has 1 heterocycles. The van der Waals surface area contributed by atoms with E-state index in [-0.39, 0.29) is 0 Å². The molecule has 0 atom stereocenters. The Kier molecular flexibility index (Phi) is 0.970. The quantitative estimate of drug-likeness (QED) is 0.531. The zero-order valence-corrected chi connectivity index (χ0v) is 4.95. The second-order valence-corrected chi connectivity index (χ2v) is 1.82. The summed E-state index contributed by atoms with van der Waals surface area (Å²) in [7, 11) is 0. The maximum absolute atomic E-state index is 7.10. The zero-order chi connectivity index (χ0) is 6.15. The summed E-state index contributed by atoms with van der Waals surface area (Å²) in [4.78, 5) is 0. The summed E-state index contributed by atoms with van der Waals surface area (Å²) in [5.74, 6) is 0.350. The van der Waals surface area contributed by atoms with Gasteiger partial charge in [0.1, 0.15) is 0 Å². The predicted octanol–water partition coefficient (Wildman–Crippen LogP) is 0.941. The van der Waals surface area contributed by atoms with Crippen LogP contribution in [0.15, 0.2) is 0 Å². The Balaban J connectivity index is 3.19. The molecular formula is C5H8N3. The van der Waals surface area contributed by atoms with Crippen molar-refractivity contribution < 1.29 is 0 Å². The van der Waals surface area contributed by atoms with Crippen molar-refractivity contribution in [2.45, 2.75) is 13.8 Å². The largest absolute Gasteiger partial charge is 0.281 e. The highest BCUT2D eigenvalue weighted by Gasteiger charge is 1.98. The lowest BCUT2D eigenvalue weighted by Crippen LogP contribution is -1.72. The Morgan fingerprint density at radius 1 is 1.50 bits per heavy atom. The van der Waals surface area contributed by atoms with Crippen molar-refractivity contribution in [3.63, 3.8) is 0 Å². The van der Waals surface area contributed by atoms with Crippen LogP contribution in [0.4, 0.5) is 5.82 Å². The molecule has 0 amide bonds. The summed E-state index contributed by atoms with van der Waals surface area (Å²) in [5.41, 5.74) is 9.01. The van der Waals surface area contributed by atoms with E-state index in [1.807, 2.05) is 13.8 Å². The summed E-state index contributed by atoms with van der Waals surface area (Å²) >= 11 is 0. The SMILES string of the molecule is Cc1[nH]nc([NH])c1C. The van der Waals surface area contributed by atoms with Gasteiger partial charge in [0.05, 0.1) is 0 Å². The number of hydrogen-bond acceptors (Lipinski definition) is 1. The Bertz CT molecular complexity index is 170. The highest BCUT2D eigenvalue weighted by molar-refractivity contribution is 5.36. The molecule has 8 heavy (non-hydrogen) atoms. The number of aryl methyl sites for hydroxylation is 1. The molecule has 0 saturated carbocycles. The van der Waals surface area contributed by atoms with E-state index in [2.05, 4.69) is 10.2 Å². The van der Waals surface area contributed by atoms with Crippen LogP contribution in [0.5, 0.6) is 0 Å². The van der Waals surface area contributed by atoms with E-state index in [9.17, 15) is 0 Å². The Morgan fingerprint density at radius 3 is 2.25 bits per heavy atom. The van der Waals surface area contributed by atoms with Crippen LogP contribution >= 0.6 is 0 Å². The van der Waals surface area contributed by atoms with Crippen molar-refractivity contribution in [2.75, 3.05) is 0 Å². The highest BCUT2D eigenvalue weighted by atomic mass is 15.2. The molecule has 0 spiro atoms. The van der Waals surface area contributed by atoms with Gasteiger partial charge in [-0.3, -0.25) is 10.8 Å². The number of hydrogen-bond donors (Lipinski definition) is 1. The molecule has 0 unspecified atom stereocenters. The van der Waals surface area contributed by atoms with Gasteiger partial charge >= 0.3 is 0 Å². The summed E-state index contributed by atoms with van der Waals surface area (Å²) in [5, 5.41) is 6.36. The Morgan fingerprint density at radius 2 is 2.12 bits per heavy atom. The van der Waals surface area contributed by atoms with Gasteiger partial charge in [-0.1, -0.05) is 0 Å². The van der Waals surface area contributed by atoms with Gasteiger partial charge in [0.15, 0.2) is 5.82 Å². The molecule has 0 aliphatic rings. The predicted molar refractivity (Wildman–Crippen MR) is 30.8 cm³/mol. The molecule has 0 bridgehead atoms. The van der Waals surface area contributed by atoms with Crippen LogP contribution in [0.1, 0.15) is 11.3 Å². The molecule has 3 nitrogen and oxygen atoms in total. The maximum Gasteiger partial charge on any atom is 0.169 e. The monoisotopic (exact) mass is 110 g/mol. The lowest BCUT2D eigenvalue weighted by Gasteiger charge is -1.82. The lowest BCUT2D eigenvalue weighted by atomic mass is 10.3. The number of nitrogens with zero attached hydrogens (tertiary/aromatic N) is 1. The average Bonchev–Trinajstić information content (AvgIpc) is 1.98. The first kappa shape index (κ1) is 5.15. The van der Waals surface area contributed by atoms with Gasteiger partial charge in [-0.15, -0.1) is 0 Å². The van der Waals surface area contributed by atoms with Crippen molar-refractivity contribution in [2.24, 2.45) is 0 Å². The minimum Gasteiger partial charge on any atom is -0.281 e. The van der Waals surface area contributed by atoms with Crippen LogP contribution in [0, 0.1) is 13.8 Å². The van der Waals surface area contributed by atoms with Crippen LogP contribution in [0.2, 0.25) is 0 Å². The van der Waals surface area contributed by atoms with E-state index < -0.39 is 0 Å². The molecule has 1 radical (unpaired) electrons. The first-order chi connectivity index (χ1) is 3.72. The topological polar surface area (TPSA) is 52.5 Å². The molecule has 1 rings (SSSR count). The van der Waals surface area contributed by atoms with E-state index in [1.54, 1.807) is 0 Å². The number of rotatable bonds is 0. The minimum atomic E-state index is 0.350. The van der Waals surface area contributed by atoms with E-state index in [1.165, 1.54) is 0 Å². The summed E-state index contributed by atoms with van der Waals surface area (Å²) in [6.07, 6.45) is 0. The van der Waals surface area contributed by atoms with Crippen molar-refractivity contribution in [3.8, 4) is 0 Å². The van der Waals surface area contributed by atoms with Crippen molar-refractivity contribution in [1.82, 2.24) is 15.9 Å². The van der Waals surface area contributed by atoms with Crippen molar-refractivity contribution in [1.29, 1.82) is 0 Å². The van der Waals surface area contributed by atoms with Gasteiger partial charge < -0.3 is 0 Å².